The van der Waals surface area contributed by atoms with Crippen LogP contribution in [0.1, 0.15) is 18.9 Å². The summed E-state index contributed by atoms with van der Waals surface area (Å²) in [5, 5.41) is 9.71. The van der Waals surface area contributed by atoms with Crippen LogP contribution in [0.4, 0.5) is 4.39 Å². The van der Waals surface area contributed by atoms with Gasteiger partial charge in [-0.15, -0.1) is 0 Å². The van der Waals surface area contributed by atoms with E-state index in [0.717, 1.165) is 6.42 Å². The molecule has 2 N–H and O–H groups in total. The lowest BCUT2D eigenvalue weighted by Crippen LogP contribution is -2.15. The van der Waals surface area contributed by atoms with Crippen LogP contribution < -0.4 is 5.56 Å². The third kappa shape index (κ3) is 2.40. The second kappa shape index (κ2) is 5.00. The average molecular weight is 248 g/mol. The van der Waals surface area contributed by atoms with Crippen molar-refractivity contribution in [3.8, 4) is 17.3 Å². The molecule has 0 spiro atoms. The maximum absolute atomic E-state index is 13.1. The van der Waals surface area contributed by atoms with Crippen molar-refractivity contribution >= 4 is 0 Å². The molecule has 1 aromatic heterocycles. The Balaban J connectivity index is 2.51. The SMILES string of the molecule is CCCc1c(O)nc(-c2cccc(F)c2)[nH]c1=O. The van der Waals surface area contributed by atoms with Gasteiger partial charge in [0.1, 0.15) is 11.6 Å². The fraction of sp³-hybridized carbons (Fsp3) is 0.231. The number of aromatic amines is 1. The minimum absolute atomic E-state index is 0.164. The summed E-state index contributed by atoms with van der Waals surface area (Å²) in [4.78, 5) is 18.2. The van der Waals surface area contributed by atoms with Gasteiger partial charge in [0.15, 0.2) is 0 Å². The van der Waals surface area contributed by atoms with Gasteiger partial charge in [-0.2, -0.15) is 4.98 Å². The highest BCUT2D eigenvalue weighted by atomic mass is 19.1. The first kappa shape index (κ1) is 12.3. The number of rotatable bonds is 3. The standard InChI is InChI=1S/C13H13FN2O2/c1-2-4-10-12(17)15-11(16-13(10)18)8-5-3-6-9(14)7-8/h3,5-7H,2,4H2,1H3,(H2,15,16,17,18). The van der Waals surface area contributed by atoms with Gasteiger partial charge in [0.2, 0.25) is 5.88 Å². The highest BCUT2D eigenvalue weighted by molar-refractivity contribution is 5.55. The lowest BCUT2D eigenvalue weighted by molar-refractivity contribution is 0.443. The van der Waals surface area contributed by atoms with Crippen molar-refractivity contribution in [2.75, 3.05) is 0 Å². The van der Waals surface area contributed by atoms with E-state index in [4.69, 9.17) is 0 Å². The van der Waals surface area contributed by atoms with Crippen LogP contribution >= 0.6 is 0 Å². The fourth-order valence-electron chi connectivity index (χ4n) is 1.73. The lowest BCUT2D eigenvalue weighted by atomic mass is 10.1. The molecule has 2 rings (SSSR count). The Bertz CT molecular complexity index is 623. The van der Waals surface area contributed by atoms with Crippen molar-refractivity contribution in [3.63, 3.8) is 0 Å². The van der Waals surface area contributed by atoms with Gasteiger partial charge in [-0.05, 0) is 18.6 Å². The van der Waals surface area contributed by atoms with Gasteiger partial charge < -0.3 is 10.1 Å². The Labute approximate surface area is 103 Å². The molecular formula is C13H13FN2O2. The van der Waals surface area contributed by atoms with Crippen LogP contribution in [-0.4, -0.2) is 15.1 Å². The molecule has 0 saturated carbocycles. The number of hydrogen-bond acceptors (Lipinski definition) is 3. The number of nitrogens with one attached hydrogen (secondary N) is 1. The second-order valence-electron chi connectivity index (χ2n) is 3.98. The molecule has 0 aliphatic carbocycles. The highest BCUT2D eigenvalue weighted by Crippen LogP contribution is 2.18. The van der Waals surface area contributed by atoms with Crippen molar-refractivity contribution in [2.24, 2.45) is 0 Å². The number of H-pyrrole nitrogens is 1. The van der Waals surface area contributed by atoms with Gasteiger partial charge >= 0.3 is 0 Å². The van der Waals surface area contributed by atoms with Gasteiger partial charge in [0.25, 0.3) is 5.56 Å². The van der Waals surface area contributed by atoms with Crippen LogP contribution in [0.25, 0.3) is 11.4 Å². The number of aromatic hydroxyl groups is 1. The number of benzene rings is 1. The topological polar surface area (TPSA) is 66.0 Å². The molecule has 0 radical (unpaired) electrons. The molecule has 0 bridgehead atoms. The molecule has 0 aliphatic rings. The molecule has 0 unspecified atom stereocenters. The smallest absolute Gasteiger partial charge is 0.258 e. The summed E-state index contributed by atoms with van der Waals surface area (Å²) in [6, 6.07) is 5.67. The fourth-order valence-corrected chi connectivity index (χ4v) is 1.73. The van der Waals surface area contributed by atoms with Crippen molar-refractivity contribution in [2.45, 2.75) is 19.8 Å². The summed E-state index contributed by atoms with van der Waals surface area (Å²) in [5.41, 5.74) is 0.298. The summed E-state index contributed by atoms with van der Waals surface area (Å²) in [6.07, 6.45) is 1.19. The van der Waals surface area contributed by atoms with Crippen LogP contribution in [0, 0.1) is 5.82 Å². The zero-order chi connectivity index (χ0) is 13.1. The predicted octanol–water partition coefficient (Wildman–Crippen LogP) is 2.23. The van der Waals surface area contributed by atoms with Crippen LogP contribution in [0.3, 0.4) is 0 Å². The number of aromatic nitrogens is 2. The Morgan fingerprint density at radius 3 is 2.83 bits per heavy atom. The van der Waals surface area contributed by atoms with E-state index in [9.17, 15) is 14.3 Å². The minimum atomic E-state index is -0.424. The maximum Gasteiger partial charge on any atom is 0.258 e. The normalized spacial score (nSPS) is 10.6. The summed E-state index contributed by atoms with van der Waals surface area (Å²) >= 11 is 0. The minimum Gasteiger partial charge on any atom is -0.493 e. The Morgan fingerprint density at radius 1 is 1.44 bits per heavy atom. The van der Waals surface area contributed by atoms with Crippen molar-refractivity contribution in [1.29, 1.82) is 0 Å². The highest BCUT2D eigenvalue weighted by Gasteiger charge is 2.11. The molecule has 18 heavy (non-hydrogen) atoms. The largest absolute Gasteiger partial charge is 0.493 e. The molecule has 4 nitrogen and oxygen atoms in total. The molecule has 0 aliphatic heterocycles. The van der Waals surface area contributed by atoms with Crippen molar-refractivity contribution < 1.29 is 9.50 Å². The first-order chi connectivity index (χ1) is 8.61. The molecule has 5 heteroatoms. The predicted molar refractivity (Wildman–Crippen MR) is 65.9 cm³/mol. The van der Waals surface area contributed by atoms with Crippen LogP contribution in [0.2, 0.25) is 0 Å². The first-order valence-electron chi connectivity index (χ1n) is 5.70. The van der Waals surface area contributed by atoms with E-state index < -0.39 is 5.82 Å². The Morgan fingerprint density at radius 2 is 2.22 bits per heavy atom. The van der Waals surface area contributed by atoms with E-state index in [0.29, 0.717) is 12.0 Å². The Hall–Kier alpha value is -2.17. The molecule has 0 saturated heterocycles. The van der Waals surface area contributed by atoms with Gasteiger partial charge in [-0.1, -0.05) is 25.5 Å². The molecule has 1 heterocycles. The molecule has 0 atom stereocenters. The third-order valence-electron chi connectivity index (χ3n) is 2.59. The molecular weight excluding hydrogens is 235 g/mol. The lowest BCUT2D eigenvalue weighted by Gasteiger charge is -2.05. The zero-order valence-electron chi connectivity index (χ0n) is 9.90. The molecule has 1 aromatic carbocycles. The zero-order valence-corrected chi connectivity index (χ0v) is 9.90. The molecule has 94 valence electrons. The number of nitrogens with zero attached hydrogens (tertiary/aromatic N) is 1. The quantitative estimate of drug-likeness (QED) is 0.875. The van der Waals surface area contributed by atoms with E-state index in [1.165, 1.54) is 18.2 Å². The van der Waals surface area contributed by atoms with E-state index >= 15 is 0 Å². The molecule has 0 amide bonds. The maximum atomic E-state index is 13.1. The monoisotopic (exact) mass is 248 g/mol. The summed E-state index contributed by atoms with van der Waals surface area (Å²) < 4.78 is 13.1. The molecule has 0 fully saturated rings. The van der Waals surface area contributed by atoms with E-state index in [-0.39, 0.29) is 22.8 Å². The van der Waals surface area contributed by atoms with Gasteiger partial charge in [-0.3, -0.25) is 4.79 Å². The van der Waals surface area contributed by atoms with Gasteiger partial charge in [-0.25, -0.2) is 4.39 Å². The van der Waals surface area contributed by atoms with E-state index in [1.807, 2.05) is 6.92 Å². The van der Waals surface area contributed by atoms with Crippen LogP contribution in [-0.2, 0) is 6.42 Å². The summed E-state index contributed by atoms with van der Waals surface area (Å²) in [5.74, 6) is -0.552. The van der Waals surface area contributed by atoms with Crippen LogP contribution in [0.15, 0.2) is 29.1 Å². The molecule has 2 aromatic rings. The van der Waals surface area contributed by atoms with Crippen molar-refractivity contribution in [1.82, 2.24) is 9.97 Å². The summed E-state index contributed by atoms with van der Waals surface area (Å²) in [6.45, 7) is 1.90. The van der Waals surface area contributed by atoms with Crippen LogP contribution in [0.5, 0.6) is 5.88 Å². The van der Waals surface area contributed by atoms with Crippen molar-refractivity contribution in [3.05, 3.63) is 46.0 Å². The van der Waals surface area contributed by atoms with Gasteiger partial charge in [0, 0.05) is 5.56 Å². The van der Waals surface area contributed by atoms with E-state index in [1.54, 1.807) is 6.07 Å². The average Bonchev–Trinajstić information content (AvgIpc) is 2.33. The summed E-state index contributed by atoms with van der Waals surface area (Å²) in [7, 11) is 0. The first-order valence-corrected chi connectivity index (χ1v) is 5.70. The number of halogens is 1. The number of hydrogen-bond donors (Lipinski definition) is 2. The van der Waals surface area contributed by atoms with Gasteiger partial charge in [0.05, 0.1) is 5.56 Å². The second-order valence-corrected chi connectivity index (χ2v) is 3.98. The third-order valence-corrected chi connectivity index (χ3v) is 2.59. The Kier molecular flexibility index (Phi) is 3.41. The van der Waals surface area contributed by atoms with E-state index in [2.05, 4.69) is 9.97 Å².